The zero-order valence-electron chi connectivity index (χ0n) is 14.7. The Hall–Kier alpha value is -2.46. The fourth-order valence-corrected chi connectivity index (χ4v) is 3.91. The van der Waals surface area contributed by atoms with Gasteiger partial charge >= 0.3 is 6.09 Å². The molecule has 2 heterocycles. The molecule has 0 atom stereocenters. The lowest BCUT2D eigenvalue weighted by Crippen LogP contribution is -2.37. The van der Waals surface area contributed by atoms with Crippen molar-refractivity contribution in [2.75, 3.05) is 24.7 Å². The van der Waals surface area contributed by atoms with E-state index in [4.69, 9.17) is 9.15 Å². The first-order chi connectivity index (χ1) is 12.8. The molecule has 1 fully saturated rings. The predicted molar refractivity (Wildman–Crippen MR) is 95.1 cm³/mol. The van der Waals surface area contributed by atoms with Crippen molar-refractivity contribution in [1.82, 2.24) is 9.29 Å². The molecule has 2 aromatic rings. The topological polar surface area (TPSA) is 102 Å². The number of halogens is 1. The second-order valence-corrected chi connectivity index (χ2v) is 8.32. The summed E-state index contributed by atoms with van der Waals surface area (Å²) in [6, 6.07) is 4.44. The zero-order chi connectivity index (χ0) is 19.4. The third-order valence-corrected chi connectivity index (χ3v) is 5.74. The number of oxazole rings is 1. The Bertz CT molecular complexity index is 893. The smallest absolute Gasteiger partial charge is 0.412 e. The van der Waals surface area contributed by atoms with Gasteiger partial charge in [0.1, 0.15) is 5.82 Å². The first-order valence-electron chi connectivity index (χ1n) is 8.38. The lowest BCUT2D eigenvalue weighted by molar-refractivity contribution is 0.146. The van der Waals surface area contributed by atoms with Crippen LogP contribution in [0.3, 0.4) is 0 Å². The fourth-order valence-electron chi connectivity index (χ4n) is 3.04. The normalized spacial score (nSPS) is 16.2. The van der Waals surface area contributed by atoms with E-state index in [0.29, 0.717) is 37.3 Å². The summed E-state index contributed by atoms with van der Waals surface area (Å²) < 4.78 is 48.9. The number of hydrogen-bond acceptors (Lipinski definition) is 6. The van der Waals surface area contributed by atoms with Crippen LogP contribution in [0, 0.1) is 5.82 Å². The van der Waals surface area contributed by atoms with E-state index in [1.54, 1.807) is 12.1 Å². The Balaban J connectivity index is 1.56. The molecule has 1 aliphatic rings. The van der Waals surface area contributed by atoms with Crippen LogP contribution in [0.25, 0.3) is 0 Å². The largest absolute Gasteiger partial charge is 0.445 e. The molecule has 146 valence electrons. The van der Waals surface area contributed by atoms with E-state index in [1.807, 2.05) is 0 Å². The van der Waals surface area contributed by atoms with Crippen LogP contribution in [0.4, 0.5) is 14.9 Å². The fraction of sp³-hybridized carbons (Fsp3) is 0.412. The lowest BCUT2D eigenvalue weighted by Gasteiger charge is -2.30. The zero-order valence-corrected chi connectivity index (χ0v) is 15.5. The number of amides is 1. The highest BCUT2D eigenvalue weighted by Crippen LogP contribution is 2.31. The molecule has 1 aliphatic heterocycles. The standard InChI is InChI=1S/C17H20FN3O5S/c1-27(23,24)21-6-4-12(5-7-21)15-3-2-13(8-16(15)18)20-17(22)25-10-14-9-19-11-26-14/h2-3,8-9,11-12H,4-7,10H2,1H3,(H,20,22). The highest BCUT2D eigenvalue weighted by atomic mass is 32.2. The van der Waals surface area contributed by atoms with Gasteiger partial charge in [0.05, 0.1) is 12.5 Å². The molecular formula is C17H20FN3O5S. The molecule has 0 saturated carbocycles. The number of benzene rings is 1. The van der Waals surface area contributed by atoms with E-state index >= 15 is 0 Å². The molecule has 0 aliphatic carbocycles. The number of hydrogen-bond donors (Lipinski definition) is 1. The molecule has 1 N–H and O–H groups in total. The number of nitrogens with one attached hydrogen (secondary N) is 1. The number of carbonyl (C=O) groups is 1. The number of anilines is 1. The molecule has 1 aromatic carbocycles. The van der Waals surface area contributed by atoms with Gasteiger partial charge < -0.3 is 9.15 Å². The second-order valence-electron chi connectivity index (χ2n) is 6.34. The number of piperidine rings is 1. The minimum absolute atomic E-state index is 0.0598. The number of rotatable bonds is 5. The van der Waals surface area contributed by atoms with Crippen LogP contribution in [0.5, 0.6) is 0 Å². The minimum atomic E-state index is -3.22. The van der Waals surface area contributed by atoms with Crippen LogP contribution in [0.2, 0.25) is 0 Å². The molecule has 3 rings (SSSR count). The highest BCUT2D eigenvalue weighted by Gasteiger charge is 2.27. The van der Waals surface area contributed by atoms with Gasteiger partial charge in [-0.05, 0) is 36.5 Å². The van der Waals surface area contributed by atoms with E-state index < -0.39 is 21.9 Å². The molecule has 8 nitrogen and oxygen atoms in total. The Labute approximate surface area is 156 Å². The van der Waals surface area contributed by atoms with Gasteiger partial charge in [-0.3, -0.25) is 5.32 Å². The highest BCUT2D eigenvalue weighted by molar-refractivity contribution is 7.88. The maximum atomic E-state index is 14.5. The number of carbonyl (C=O) groups excluding carboxylic acids is 1. The maximum Gasteiger partial charge on any atom is 0.412 e. The summed E-state index contributed by atoms with van der Waals surface area (Å²) >= 11 is 0. The Morgan fingerprint density at radius 2 is 2.15 bits per heavy atom. The van der Waals surface area contributed by atoms with E-state index in [-0.39, 0.29) is 18.2 Å². The SMILES string of the molecule is CS(=O)(=O)N1CCC(c2ccc(NC(=O)OCc3cnco3)cc2F)CC1. The number of ether oxygens (including phenoxy) is 1. The number of nitrogens with zero attached hydrogens (tertiary/aromatic N) is 2. The van der Waals surface area contributed by atoms with Crippen molar-refractivity contribution in [2.45, 2.75) is 25.4 Å². The summed E-state index contributed by atoms with van der Waals surface area (Å²) in [4.78, 5) is 15.5. The van der Waals surface area contributed by atoms with Gasteiger partial charge in [-0.2, -0.15) is 0 Å². The second kappa shape index (κ2) is 8.05. The molecule has 0 spiro atoms. The van der Waals surface area contributed by atoms with Crippen molar-refractivity contribution in [2.24, 2.45) is 0 Å². The van der Waals surface area contributed by atoms with Crippen LogP contribution in [0.1, 0.15) is 30.1 Å². The molecule has 27 heavy (non-hydrogen) atoms. The molecule has 10 heteroatoms. The van der Waals surface area contributed by atoms with Gasteiger partial charge in [0, 0.05) is 18.8 Å². The van der Waals surface area contributed by atoms with Gasteiger partial charge in [-0.1, -0.05) is 6.07 Å². The number of aromatic nitrogens is 1. The molecular weight excluding hydrogens is 377 g/mol. The van der Waals surface area contributed by atoms with E-state index in [9.17, 15) is 17.6 Å². The van der Waals surface area contributed by atoms with Crippen molar-refractivity contribution in [3.05, 3.63) is 47.9 Å². The Morgan fingerprint density at radius 3 is 2.74 bits per heavy atom. The third kappa shape index (κ3) is 5.04. The number of sulfonamides is 1. The summed E-state index contributed by atoms with van der Waals surface area (Å²) in [7, 11) is -3.22. The predicted octanol–water partition coefficient (Wildman–Crippen LogP) is 2.70. The van der Waals surface area contributed by atoms with Gasteiger partial charge in [-0.25, -0.2) is 26.9 Å². The Morgan fingerprint density at radius 1 is 1.41 bits per heavy atom. The summed E-state index contributed by atoms with van der Waals surface area (Å²) in [6.45, 7) is 0.666. The van der Waals surface area contributed by atoms with Crippen LogP contribution < -0.4 is 5.32 Å². The third-order valence-electron chi connectivity index (χ3n) is 4.44. The summed E-state index contributed by atoms with van der Waals surface area (Å²) in [5.41, 5.74) is 0.788. The van der Waals surface area contributed by atoms with Crippen LogP contribution in [0.15, 0.2) is 35.2 Å². The van der Waals surface area contributed by atoms with Crippen LogP contribution in [-0.2, 0) is 21.4 Å². The van der Waals surface area contributed by atoms with Crippen molar-refractivity contribution in [1.29, 1.82) is 0 Å². The maximum absolute atomic E-state index is 14.5. The van der Waals surface area contributed by atoms with Crippen molar-refractivity contribution in [3.63, 3.8) is 0 Å². The van der Waals surface area contributed by atoms with Crippen molar-refractivity contribution < 1.29 is 26.8 Å². The Kier molecular flexibility index (Phi) is 5.76. The van der Waals surface area contributed by atoms with Crippen LogP contribution in [-0.4, -0.2) is 43.1 Å². The van der Waals surface area contributed by atoms with E-state index in [1.165, 1.54) is 29.2 Å². The van der Waals surface area contributed by atoms with E-state index in [0.717, 1.165) is 0 Å². The lowest BCUT2D eigenvalue weighted by atomic mass is 9.90. The van der Waals surface area contributed by atoms with Gasteiger partial charge in [0.2, 0.25) is 10.0 Å². The molecule has 1 aromatic heterocycles. The average Bonchev–Trinajstić information content (AvgIpc) is 3.13. The van der Waals surface area contributed by atoms with Gasteiger partial charge in [-0.15, -0.1) is 0 Å². The first-order valence-corrected chi connectivity index (χ1v) is 10.2. The van der Waals surface area contributed by atoms with Gasteiger partial charge in [0.15, 0.2) is 18.8 Å². The minimum Gasteiger partial charge on any atom is -0.445 e. The molecule has 1 saturated heterocycles. The molecule has 0 radical (unpaired) electrons. The monoisotopic (exact) mass is 397 g/mol. The summed E-state index contributed by atoms with van der Waals surface area (Å²) in [5, 5.41) is 2.45. The van der Waals surface area contributed by atoms with Crippen molar-refractivity contribution in [3.8, 4) is 0 Å². The first kappa shape index (κ1) is 19.3. The summed E-state index contributed by atoms with van der Waals surface area (Å²) in [5.74, 6) is -0.108. The molecule has 1 amide bonds. The quantitative estimate of drug-likeness (QED) is 0.832. The van der Waals surface area contributed by atoms with Crippen LogP contribution >= 0.6 is 0 Å². The van der Waals surface area contributed by atoms with Crippen molar-refractivity contribution >= 4 is 21.8 Å². The molecule has 0 bridgehead atoms. The average molecular weight is 397 g/mol. The summed E-state index contributed by atoms with van der Waals surface area (Å²) in [6.07, 6.45) is 4.20. The van der Waals surface area contributed by atoms with E-state index in [2.05, 4.69) is 10.3 Å². The van der Waals surface area contributed by atoms with Gasteiger partial charge in [0.25, 0.3) is 0 Å². The molecule has 0 unspecified atom stereocenters.